The van der Waals surface area contributed by atoms with Gasteiger partial charge < -0.3 is 10.1 Å². The number of aryl methyl sites for hydroxylation is 2. The molecule has 0 atom stereocenters. The van der Waals surface area contributed by atoms with Crippen molar-refractivity contribution in [3.8, 4) is 0 Å². The maximum absolute atomic E-state index is 13.3. The van der Waals surface area contributed by atoms with Gasteiger partial charge in [-0.25, -0.2) is 4.98 Å². The van der Waals surface area contributed by atoms with Crippen LogP contribution in [0.3, 0.4) is 0 Å². The van der Waals surface area contributed by atoms with Gasteiger partial charge in [0.2, 0.25) is 5.91 Å². The van der Waals surface area contributed by atoms with Gasteiger partial charge in [0.1, 0.15) is 4.83 Å². The molecule has 6 nitrogen and oxygen atoms in total. The lowest BCUT2D eigenvalue weighted by Crippen LogP contribution is -2.26. The number of hydrogen-bond donors (Lipinski definition) is 1. The Hall–Kier alpha value is -2.37. The lowest BCUT2D eigenvalue weighted by atomic mass is 9.97. The number of para-hydroxylation sites is 1. The summed E-state index contributed by atoms with van der Waals surface area (Å²) < 4.78 is 46.2. The van der Waals surface area contributed by atoms with Crippen LogP contribution in [-0.4, -0.2) is 34.9 Å². The number of nitrogens with one attached hydrogen (secondary N) is 1. The van der Waals surface area contributed by atoms with Crippen molar-refractivity contribution in [1.82, 2.24) is 9.55 Å². The minimum absolute atomic E-state index is 0.165. The number of carbonyl (C=O) groups excluding carboxylic acids is 1. The van der Waals surface area contributed by atoms with Crippen LogP contribution < -0.4 is 10.9 Å². The molecule has 0 radical (unpaired) electrons. The van der Waals surface area contributed by atoms with Crippen molar-refractivity contribution in [2.45, 2.75) is 43.6 Å². The number of hydrogen-bond acceptors (Lipinski definition) is 6. The van der Waals surface area contributed by atoms with Crippen molar-refractivity contribution in [1.29, 1.82) is 0 Å². The molecule has 0 fully saturated rings. The molecule has 2 aromatic heterocycles. The summed E-state index contributed by atoms with van der Waals surface area (Å²) in [4.78, 5) is 32.3. The SMILES string of the molecule is COCCn1c(SCC(=O)Nc2ccccc2C(F)(F)F)nc2sc3c(c2c1=O)CCCC3. The zero-order chi connectivity index (χ0) is 23.6. The van der Waals surface area contributed by atoms with Gasteiger partial charge in [-0.1, -0.05) is 23.9 Å². The Bertz CT molecular complexity index is 1240. The molecule has 176 valence electrons. The summed E-state index contributed by atoms with van der Waals surface area (Å²) >= 11 is 2.53. The van der Waals surface area contributed by atoms with E-state index in [0.717, 1.165) is 49.1 Å². The van der Waals surface area contributed by atoms with Crippen LogP contribution in [0.1, 0.15) is 28.8 Å². The average Bonchev–Trinajstić information content (AvgIpc) is 3.15. The number of thioether (sulfide) groups is 1. The Kier molecular flexibility index (Phi) is 7.10. The molecule has 1 amide bonds. The second-order valence-corrected chi connectivity index (χ2v) is 9.64. The number of alkyl halides is 3. The zero-order valence-electron chi connectivity index (χ0n) is 17.8. The van der Waals surface area contributed by atoms with Crippen LogP contribution in [0, 0.1) is 0 Å². The predicted molar refractivity (Wildman–Crippen MR) is 123 cm³/mol. The van der Waals surface area contributed by atoms with E-state index in [1.54, 1.807) is 0 Å². The minimum Gasteiger partial charge on any atom is -0.383 e. The third-order valence-electron chi connectivity index (χ3n) is 5.40. The number of methoxy groups -OCH3 is 1. The summed E-state index contributed by atoms with van der Waals surface area (Å²) in [7, 11) is 1.53. The molecule has 0 aliphatic heterocycles. The minimum atomic E-state index is -4.58. The predicted octanol–water partition coefficient (Wildman–Crippen LogP) is 4.73. The Labute approximate surface area is 196 Å². The molecular formula is C22H22F3N3O3S2. The van der Waals surface area contributed by atoms with E-state index < -0.39 is 17.6 Å². The van der Waals surface area contributed by atoms with Crippen molar-refractivity contribution in [2.24, 2.45) is 0 Å². The Balaban J connectivity index is 1.59. The highest BCUT2D eigenvalue weighted by atomic mass is 32.2. The van der Waals surface area contributed by atoms with Gasteiger partial charge in [-0.3, -0.25) is 14.2 Å². The Morgan fingerprint density at radius 3 is 2.79 bits per heavy atom. The van der Waals surface area contributed by atoms with Gasteiger partial charge in [0.05, 0.1) is 35.5 Å². The number of halogens is 3. The second kappa shape index (κ2) is 9.86. The summed E-state index contributed by atoms with van der Waals surface area (Å²) in [6.07, 6.45) is -0.685. The molecule has 0 saturated carbocycles. The fourth-order valence-electron chi connectivity index (χ4n) is 3.87. The van der Waals surface area contributed by atoms with Crippen LogP contribution in [-0.2, 0) is 35.1 Å². The number of thiophene rings is 1. The fraction of sp³-hybridized carbons (Fsp3) is 0.409. The van der Waals surface area contributed by atoms with E-state index in [1.165, 1.54) is 46.1 Å². The second-order valence-electron chi connectivity index (χ2n) is 7.62. The summed E-state index contributed by atoms with van der Waals surface area (Å²) in [5.74, 6) is -0.808. The first-order valence-corrected chi connectivity index (χ1v) is 12.2. The van der Waals surface area contributed by atoms with Gasteiger partial charge in [-0.05, 0) is 43.4 Å². The monoisotopic (exact) mass is 497 g/mol. The van der Waals surface area contributed by atoms with Crippen molar-refractivity contribution < 1.29 is 22.7 Å². The van der Waals surface area contributed by atoms with Crippen molar-refractivity contribution >= 4 is 44.9 Å². The van der Waals surface area contributed by atoms with Gasteiger partial charge in [0.15, 0.2) is 5.16 Å². The molecule has 1 aromatic carbocycles. The van der Waals surface area contributed by atoms with Crippen molar-refractivity contribution in [2.75, 3.05) is 24.8 Å². The summed E-state index contributed by atoms with van der Waals surface area (Å²) in [6, 6.07) is 4.82. The molecule has 33 heavy (non-hydrogen) atoms. The molecule has 0 unspecified atom stereocenters. The maximum atomic E-state index is 13.3. The molecule has 1 aliphatic rings. The van der Waals surface area contributed by atoms with E-state index in [2.05, 4.69) is 10.3 Å². The molecule has 1 aliphatic carbocycles. The van der Waals surface area contributed by atoms with E-state index in [4.69, 9.17) is 4.74 Å². The van der Waals surface area contributed by atoms with Gasteiger partial charge in [-0.2, -0.15) is 13.2 Å². The molecule has 2 heterocycles. The molecular weight excluding hydrogens is 475 g/mol. The van der Waals surface area contributed by atoms with Crippen LogP contribution in [0.4, 0.5) is 18.9 Å². The van der Waals surface area contributed by atoms with Crippen LogP contribution in [0.25, 0.3) is 10.2 Å². The van der Waals surface area contributed by atoms with Gasteiger partial charge in [-0.15, -0.1) is 11.3 Å². The van der Waals surface area contributed by atoms with E-state index in [0.29, 0.717) is 15.4 Å². The van der Waals surface area contributed by atoms with E-state index in [-0.39, 0.29) is 30.2 Å². The first-order chi connectivity index (χ1) is 15.8. The average molecular weight is 498 g/mol. The van der Waals surface area contributed by atoms with E-state index in [9.17, 15) is 22.8 Å². The Morgan fingerprint density at radius 2 is 2.03 bits per heavy atom. The van der Waals surface area contributed by atoms with Crippen molar-refractivity contribution in [3.63, 3.8) is 0 Å². The van der Waals surface area contributed by atoms with Crippen molar-refractivity contribution in [3.05, 3.63) is 50.6 Å². The number of fused-ring (bicyclic) bond motifs is 3. The standard InChI is InChI=1S/C22H22F3N3O3S2/c1-31-11-10-28-20(30)18-13-6-2-5-9-16(13)33-19(18)27-21(28)32-12-17(29)26-15-8-4-3-7-14(15)22(23,24)25/h3-4,7-8H,2,5-6,9-12H2,1H3,(H,26,29). The number of carbonyl (C=O) groups is 1. The molecule has 1 N–H and O–H groups in total. The molecule has 4 rings (SSSR count). The first-order valence-electron chi connectivity index (χ1n) is 10.4. The number of ether oxygens (including phenoxy) is 1. The molecule has 0 bridgehead atoms. The quantitative estimate of drug-likeness (QED) is 0.377. The van der Waals surface area contributed by atoms with Gasteiger partial charge >= 0.3 is 6.18 Å². The fourth-order valence-corrected chi connectivity index (χ4v) is 5.99. The highest BCUT2D eigenvalue weighted by Gasteiger charge is 2.33. The third-order valence-corrected chi connectivity index (χ3v) is 7.56. The highest BCUT2D eigenvalue weighted by molar-refractivity contribution is 7.99. The number of nitrogens with zero attached hydrogens (tertiary/aromatic N) is 2. The number of anilines is 1. The smallest absolute Gasteiger partial charge is 0.383 e. The number of rotatable bonds is 7. The first kappa shape index (κ1) is 23.8. The largest absolute Gasteiger partial charge is 0.418 e. The van der Waals surface area contributed by atoms with E-state index in [1.807, 2.05) is 0 Å². The molecule has 0 saturated heterocycles. The summed E-state index contributed by atoms with van der Waals surface area (Å²) in [5.41, 5.74) is -0.310. The third kappa shape index (κ3) is 5.10. The number of aromatic nitrogens is 2. The molecule has 3 aromatic rings. The molecule has 0 spiro atoms. The number of benzene rings is 1. The zero-order valence-corrected chi connectivity index (χ0v) is 19.5. The van der Waals surface area contributed by atoms with Gasteiger partial charge in [0.25, 0.3) is 5.56 Å². The lowest BCUT2D eigenvalue weighted by molar-refractivity contribution is -0.137. The lowest BCUT2D eigenvalue weighted by Gasteiger charge is -2.14. The van der Waals surface area contributed by atoms with Crippen LogP contribution in [0.5, 0.6) is 0 Å². The highest BCUT2D eigenvalue weighted by Crippen LogP contribution is 2.36. The van der Waals surface area contributed by atoms with Crippen LogP contribution in [0.2, 0.25) is 0 Å². The van der Waals surface area contributed by atoms with Crippen LogP contribution >= 0.6 is 23.1 Å². The normalized spacial score (nSPS) is 13.8. The summed E-state index contributed by atoms with van der Waals surface area (Å²) in [5, 5.41) is 3.31. The molecule has 11 heteroatoms. The Morgan fingerprint density at radius 1 is 1.27 bits per heavy atom. The maximum Gasteiger partial charge on any atom is 0.418 e. The van der Waals surface area contributed by atoms with Gasteiger partial charge in [0, 0.05) is 12.0 Å². The van der Waals surface area contributed by atoms with E-state index >= 15 is 0 Å². The topological polar surface area (TPSA) is 73.2 Å². The van der Waals surface area contributed by atoms with Crippen LogP contribution in [0.15, 0.2) is 34.2 Å². The summed E-state index contributed by atoms with van der Waals surface area (Å²) in [6.45, 7) is 0.557. The number of amides is 1.